The quantitative estimate of drug-likeness (QED) is 0.719. The van der Waals surface area contributed by atoms with Gasteiger partial charge in [0.2, 0.25) is 0 Å². The van der Waals surface area contributed by atoms with E-state index in [0.29, 0.717) is 5.92 Å². The van der Waals surface area contributed by atoms with Crippen LogP contribution < -0.4 is 5.73 Å². The topological polar surface area (TPSA) is 35.2 Å². The fraction of sp³-hybridized carbons (Fsp3) is 0.571. The Morgan fingerprint density at radius 2 is 2.06 bits per heavy atom. The maximum Gasteiger partial charge on any atom is 0.0466 e. The fourth-order valence-corrected chi connectivity index (χ4v) is 2.02. The van der Waals surface area contributed by atoms with E-state index < -0.39 is 0 Å². The van der Waals surface area contributed by atoms with Gasteiger partial charge in [-0.25, -0.2) is 0 Å². The maximum absolute atomic E-state index is 5.85. The Balaban J connectivity index is 2.51. The van der Waals surface area contributed by atoms with Crippen LogP contribution in [-0.2, 0) is 4.74 Å². The third-order valence-corrected chi connectivity index (χ3v) is 2.96. The number of rotatable bonds is 7. The van der Waals surface area contributed by atoms with E-state index in [0.717, 1.165) is 32.6 Å². The van der Waals surface area contributed by atoms with E-state index in [1.165, 1.54) is 11.1 Å². The van der Waals surface area contributed by atoms with Crippen molar-refractivity contribution in [3.63, 3.8) is 0 Å². The Kier molecular flexibility index (Phi) is 6.12. The zero-order valence-electron chi connectivity index (χ0n) is 10.4. The van der Waals surface area contributed by atoms with Crippen molar-refractivity contribution in [2.45, 2.75) is 32.6 Å². The summed E-state index contributed by atoms with van der Waals surface area (Å²) in [6.45, 7) is 6.55. The van der Waals surface area contributed by atoms with Crippen LogP contribution in [0.2, 0.25) is 0 Å². The summed E-state index contributed by atoms with van der Waals surface area (Å²) in [7, 11) is 0. The summed E-state index contributed by atoms with van der Waals surface area (Å²) in [6.07, 6.45) is 2.20. The minimum absolute atomic E-state index is 0.474. The highest BCUT2D eigenvalue weighted by Crippen LogP contribution is 2.23. The van der Waals surface area contributed by atoms with Gasteiger partial charge in [0.1, 0.15) is 0 Å². The molecule has 0 aliphatic carbocycles. The second-order valence-corrected chi connectivity index (χ2v) is 4.13. The van der Waals surface area contributed by atoms with E-state index in [4.69, 9.17) is 10.5 Å². The Morgan fingerprint density at radius 1 is 1.31 bits per heavy atom. The second-order valence-electron chi connectivity index (χ2n) is 4.13. The lowest BCUT2D eigenvalue weighted by Gasteiger charge is -2.17. The van der Waals surface area contributed by atoms with Gasteiger partial charge in [0.15, 0.2) is 0 Å². The number of aryl methyl sites for hydroxylation is 1. The van der Waals surface area contributed by atoms with Crippen LogP contribution in [0, 0.1) is 6.92 Å². The zero-order chi connectivity index (χ0) is 11.8. The SMILES string of the molecule is CCOCCCC(CN)c1ccccc1C. The lowest BCUT2D eigenvalue weighted by atomic mass is 9.91. The van der Waals surface area contributed by atoms with Gasteiger partial charge >= 0.3 is 0 Å². The first-order valence-electron chi connectivity index (χ1n) is 6.13. The van der Waals surface area contributed by atoms with E-state index in [-0.39, 0.29) is 0 Å². The molecular weight excluding hydrogens is 198 g/mol. The highest BCUT2D eigenvalue weighted by Gasteiger charge is 2.11. The van der Waals surface area contributed by atoms with E-state index in [1.54, 1.807) is 0 Å². The molecule has 2 N–H and O–H groups in total. The van der Waals surface area contributed by atoms with Crippen LogP contribution in [0.5, 0.6) is 0 Å². The van der Waals surface area contributed by atoms with E-state index in [1.807, 2.05) is 6.92 Å². The molecule has 0 radical (unpaired) electrons. The van der Waals surface area contributed by atoms with Crippen molar-refractivity contribution in [1.29, 1.82) is 0 Å². The van der Waals surface area contributed by atoms with E-state index >= 15 is 0 Å². The first-order valence-corrected chi connectivity index (χ1v) is 6.13. The maximum atomic E-state index is 5.85. The minimum Gasteiger partial charge on any atom is -0.382 e. The van der Waals surface area contributed by atoms with Crippen molar-refractivity contribution in [2.24, 2.45) is 5.73 Å². The largest absolute Gasteiger partial charge is 0.382 e. The van der Waals surface area contributed by atoms with Crippen LogP contribution in [0.15, 0.2) is 24.3 Å². The molecule has 0 spiro atoms. The summed E-state index contributed by atoms with van der Waals surface area (Å²) in [6, 6.07) is 8.51. The van der Waals surface area contributed by atoms with Gasteiger partial charge in [0, 0.05) is 13.2 Å². The molecule has 0 saturated carbocycles. The van der Waals surface area contributed by atoms with Gasteiger partial charge in [-0.15, -0.1) is 0 Å². The van der Waals surface area contributed by atoms with Crippen molar-refractivity contribution < 1.29 is 4.74 Å². The molecule has 0 heterocycles. The molecule has 1 unspecified atom stereocenters. The lowest BCUT2D eigenvalue weighted by molar-refractivity contribution is 0.142. The lowest BCUT2D eigenvalue weighted by Crippen LogP contribution is -2.14. The highest BCUT2D eigenvalue weighted by molar-refractivity contribution is 5.29. The normalized spacial score (nSPS) is 12.7. The van der Waals surface area contributed by atoms with Crippen molar-refractivity contribution in [2.75, 3.05) is 19.8 Å². The zero-order valence-corrected chi connectivity index (χ0v) is 10.4. The fourth-order valence-electron chi connectivity index (χ4n) is 2.02. The Bertz CT molecular complexity index is 299. The molecule has 90 valence electrons. The van der Waals surface area contributed by atoms with Gasteiger partial charge in [0.25, 0.3) is 0 Å². The number of nitrogens with two attached hydrogens (primary N) is 1. The third kappa shape index (κ3) is 3.95. The standard InChI is InChI=1S/C14H23NO/c1-3-16-10-6-8-13(11-15)14-9-5-4-7-12(14)2/h4-5,7,9,13H,3,6,8,10-11,15H2,1-2H3. The Hall–Kier alpha value is -0.860. The van der Waals surface area contributed by atoms with Crippen molar-refractivity contribution >= 4 is 0 Å². The summed E-state index contributed by atoms with van der Waals surface area (Å²) in [5.74, 6) is 0.474. The van der Waals surface area contributed by atoms with Crippen molar-refractivity contribution in [3.8, 4) is 0 Å². The number of hydrogen-bond acceptors (Lipinski definition) is 2. The van der Waals surface area contributed by atoms with Gasteiger partial charge in [-0.2, -0.15) is 0 Å². The molecular formula is C14H23NO. The molecule has 1 rings (SSSR count). The molecule has 1 aromatic carbocycles. The van der Waals surface area contributed by atoms with Gasteiger partial charge in [-0.1, -0.05) is 24.3 Å². The number of benzene rings is 1. The second kappa shape index (κ2) is 7.42. The van der Waals surface area contributed by atoms with Crippen LogP contribution in [0.25, 0.3) is 0 Å². The summed E-state index contributed by atoms with van der Waals surface area (Å²) in [4.78, 5) is 0. The molecule has 0 saturated heterocycles. The van der Waals surface area contributed by atoms with Gasteiger partial charge in [-0.3, -0.25) is 0 Å². The van der Waals surface area contributed by atoms with Crippen LogP contribution in [-0.4, -0.2) is 19.8 Å². The van der Waals surface area contributed by atoms with E-state index in [9.17, 15) is 0 Å². The van der Waals surface area contributed by atoms with E-state index in [2.05, 4.69) is 31.2 Å². The molecule has 1 aromatic rings. The average molecular weight is 221 g/mol. The number of ether oxygens (including phenoxy) is 1. The van der Waals surface area contributed by atoms with Gasteiger partial charge in [-0.05, 0) is 50.3 Å². The summed E-state index contributed by atoms with van der Waals surface area (Å²) >= 11 is 0. The molecule has 0 bridgehead atoms. The smallest absolute Gasteiger partial charge is 0.0466 e. The third-order valence-electron chi connectivity index (χ3n) is 2.96. The minimum atomic E-state index is 0.474. The highest BCUT2D eigenvalue weighted by atomic mass is 16.5. The summed E-state index contributed by atoms with van der Waals surface area (Å²) < 4.78 is 5.35. The molecule has 0 fully saturated rings. The monoisotopic (exact) mass is 221 g/mol. The molecule has 16 heavy (non-hydrogen) atoms. The molecule has 2 nitrogen and oxygen atoms in total. The molecule has 0 amide bonds. The van der Waals surface area contributed by atoms with Crippen LogP contribution in [0.3, 0.4) is 0 Å². The molecule has 1 atom stereocenters. The predicted molar refractivity (Wildman–Crippen MR) is 68.7 cm³/mol. The summed E-state index contributed by atoms with van der Waals surface area (Å²) in [5.41, 5.74) is 8.58. The first kappa shape index (κ1) is 13.2. The molecule has 0 aliphatic rings. The van der Waals surface area contributed by atoms with Crippen molar-refractivity contribution in [1.82, 2.24) is 0 Å². The average Bonchev–Trinajstić information content (AvgIpc) is 2.31. The van der Waals surface area contributed by atoms with Crippen LogP contribution in [0.4, 0.5) is 0 Å². The Morgan fingerprint density at radius 3 is 2.69 bits per heavy atom. The molecule has 0 aromatic heterocycles. The summed E-state index contributed by atoms with van der Waals surface area (Å²) in [5, 5.41) is 0. The van der Waals surface area contributed by atoms with Crippen LogP contribution >= 0.6 is 0 Å². The van der Waals surface area contributed by atoms with Crippen molar-refractivity contribution in [3.05, 3.63) is 35.4 Å². The first-order chi connectivity index (χ1) is 7.79. The Labute approximate surface area is 98.8 Å². The van der Waals surface area contributed by atoms with Gasteiger partial charge < -0.3 is 10.5 Å². The molecule has 0 aliphatic heterocycles. The van der Waals surface area contributed by atoms with Crippen LogP contribution in [0.1, 0.15) is 36.8 Å². The predicted octanol–water partition coefficient (Wildman–Crippen LogP) is 2.85. The van der Waals surface area contributed by atoms with Gasteiger partial charge in [0.05, 0.1) is 0 Å². The number of hydrogen-bond donors (Lipinski definition) is 1. The molecule has 2 heteroatoms.